The summed E-state index contributed by atoms with van der Waals surface area (Å²) in [7, 11) is 0. The number of nitrogens with one attached hydrogen (secondary N) is 1. The van der Waals surface area contributed by atoms with Gasteiger partial charge in [-0.1, -0.05) is 11.6 Å². The second kappa shape index (κ2) is 5.77. The molecule has 1 N–H and O–H groups in total. The van der Waals surface area contributed by atoms with Gasteiger partial charge in [-0.25, -0.2) is 8.78 Å². The van der Waals surface area contributed by atoms with Gasteiger partial charge in [-0.3, -0.25) is 9.59 Å². The monoisotopic (exact) mass is 265 g/mol. The van der Waals surface area contributed by atoms with Crippen LogP contribution >= 0.6 is 11.6 Å². The van der Waals surface area contributed by atoms with E-state index in [-0.39, 0.29) is 23.6 Å². The molecular weight excluding hydrogens is 256 g/mol. The number of rotatable bonds is 4. The highest BCUT2D eigenvalue weighted by molar-refractivity contribution is 6.31. The third-order valence-corrected chi connectivity index (χ3v) is 2.36. The van der Waals surface area contributed by atoms with E-state index < -0.39 is 23.6 Å². The van der Waals surface area contributed by atoms with Crippen molar-refractivity contribution in [2.45, 2.75) is 19.8 Å². The van der Waals surface area contributed by atoms with Gasteiger partial charge in [0.1, 0.15) is 5.02 Å². The van der Waals surface area contributed by atoms with Crippen molar-refractivity contribution in [3.05, 3.63) is 32.7 Å². The molecular formula is C10H10ClF2NO3. The first-order valence-corrected chi connectivity index (χ1v) is 5.18. The molecule has 0 aliphatic heterocycles. The molecule has 17 heavy (non-hydrogen) atoms. The second-order valence-electron chi connectivity index (χ2n) is 3.18. The Kier molecular flexibility index (Phi) is 4.62. The van der Waals surface area contributed by atoms with Gasteiger partial charge >= 0.3 is 5.97 Å². The first-order chi connectivity index (χ1) is 7.95. The first kappa shape index (κ1) is 13.6. The average Bonchev–Trinajstić information content (AvgIpc) is 2.24. The number of hydrogen-bond donors (Lipinski definition) is 1. The van der Waals surface area contributed by atoms with Crippen molar-refractivity contribution in [2.75, 3.05) is 6.61 Å². The van der Waals surface area contributed by atoms with Crippen LogP contribution in [0.1, 0.15) is 24.6 Å². The SMILES string of the molecule is CCOC(=O)Cc1cc(C(F)F)[nH]c(=O)c1Cl. The van der Waals surface area contributed by atoms with Gasteiger partial charge < -0.3 is 9.72 Å². The molecule has 1 aromatic heterocycles. The summed E-state index contributed by atoms with van der Waals surface area (Å²) < 4.78 is 29.5. The highest BCUT2D eigenvalue weighted by Crippen LogP contribution is 2.20. The number of carbonyl (C=O) groups is 1. The molecule has 4 nitrogen and oxygen atoms in total. The quantitative estimate of drug-likeness (QED) is 0.848. The van der Waals surface area contributed by atoms with E-state index in [0.717, 1.165) is 6.07 Å². The fourth-order valence-electron chi connectivity index (χ4n) is 1.23. The van der Waals surface area contributed by atoms with Crippen molar-refractivity contribution in [2.24, 2.45) is 0 Å². The summed E-state index contributed by atoms with van der Waals surface area (Å²) in [5, 5.41) is -0.276. The Labute approximate surface area is 101 Å². The van der Waals surface area contributed by atoms with Crippen molar-refractivity contribution >= 4 is 17.6 Å². The van der Waals surface area contributed by atoms with E-state index >= 15 is 0 Å². The fourth-order valence-corrected chi connectivity index (χ4v) is 1.40. The zero-order chi connectivity index (χ0) is 13.0. The Bertz CT molecular complexity index is 473. The lowest BCUT2D eigenvalue weighted by Crippen LogP contribution is -2.16. The predicted molar refractivity (Wildman–Crippen MR) is 57.4 cm³/mol. The molecule has 0 radical (unpaired) electrons. The number of hydrogen-bond acceptors (Lipinski definition) is 3. The number of aromatic nitrogens is 1. The second-order valence-corrected chi connectivity index (χ2v) is 3.55. The minimum atomic E-state index is -2.83. The van der Waals surface area contributed by atoms with Crippen LogP contribution in [0.2, 0.25) is 5.02 Å². The van der Waals surface area contributed by atoms with Gasteiger partial charge in [0.25, 0.3) is 12.0 Å². The summed E-state index contributed by atoms with van der Waals surface area (Å²) in [6.07, 6.45) is -3.14. The smallest absolute Gasteiger partial charge is 0.310 e. The van der Waals surface area contributed by atoms with Crippen LogP contribution in [0.3, 0.4) is 0 Å². The third-order valence-electron chi connectivity index (χ3n) is 1.94. The van der Waals surface area contributed by atoms with E-state index in [1.807, 2.05) is 4.98 Å². The molecule has 7 heteroatoms. The van der Waals surface area contributed by atoms with Crippen LogP contribution in [0.4, 0.5) is 8.78 Å². The Morgan fingerprint density at radius 2 is 2.24 bits per heavy atom. The van der Waals surface area contributed by atoms with E-state index in [9.17, 15) is 18.4 Å². The number of halogens is 3. The number of ether oxygens (including phenoxy) is 1. The summed E-state index contributed by atoms with van der Waals surface area (Å²) in [5.41, 5.74) is -1.38. The Morgan fingerprint density at radius 1 is 1.59 bits per heavy atom. The van der Waals surface area contributed by atoms with Crippen LogP contribution in [-0.4, -0.2) is 17.6 Å². The standard InChI is InChI=1S/C10H10ClF2NO3/c1-2-17-7(15)4-5-3-6(9(12)13)14-10(16)8(5)11/h3,9H,2,4H2,1H3,(H,14,16). The maximum absolute atomic E-state index is 12.4. The molecule has 1 rings (SSSR count). The lowest BCUT2D eigenvalue weighted by atomic mass is 10.1. The summed E-state index contributed by atoms with van der Waals surface area (Å²) >= 11 is 5.62. The van der Waals surface area contributed by atoms with Crippen LogP contribution in [0.25, 0.3) is 0 Å². The largest absolute Gasteiger partial charge is 0.466 e. The maximum Gasteiger partial charge on any atom is 0.310 e. The summed E-state index contributed by atoms with van der Waals surface area (Å²) in [4.78, 5) is 24.3. The number of alkyl halides is 2. The van der Waals surface area contributed by atoms with Crippen LogP contribution in [0.15, 0.2) is 10.9 Å². The van der Waals surface area contributed by atoms with Crippen molar-refractivity contribution in [3.8, 4) is 0 Å². The Hall–Kier alpha value is -1.43. The molecule has 0 fully saturated rings. The average molecular weight is 266 g/mol. The molecule has 0 atom stereocenters. The van der Waals surface area contributed by atoms with E-state index in [0.29, 0.717) is 0 Å². The van der Waals surface area contributed by atoms with Crippen LogP contribution in [-0.2, 0) is 16.0 Å². The molecule has 0 bridgehead atoms. The van der Waals surface area contributed by atoms with Crippen LogP contribution in [0, 0.1) is 0 Å². The zero-order valence-electron chi connectivity index (χ0n) is 8.93. The van der Waals surface area contributed by atoms with Crippen LogP contribution in [0.5, 0.6) is 0 Å². The van der Waals surface area contributed by atoms with E-state index in [1.165, 1.54) is 0 Å². The predicted octanol–water partition coefficient (Wildman–Crippen LogP) is 2.07. The molecule has 1 heterocycles. The molecule has 94 valence electrons. The highest BCUT2D eigenvalue weighted by atomic mass is 35.5. The number of carbonyl (C=O) groups excluding carboxylic acids is 1. The number of pyridine rings is 1. The zero-order valence-corrected chi connectivity index (χ0v) is 9.68. The number of aromatic amines is 1. The van der Waals surface area contributed by atoms with Crippen LogP contribution < -0.4 is 5.56 Å². The molecule has 0 aromatic carbocycles. The van der Waals surface area contributed by atoms with E-state index in [4.69, 9.17) is 11.6 Å². The molecule has 0 aliphatic rings. The maximum atomic E-state index is 12.4. The first-order valence-electron chi connectivity index (χ1n) is 4.81. The van der Waals surface area contributed by atoms with Gasteiger partial charge in [0.05, 0.1) is 18.7 Å². The molecule has 1 aromatic rings. The fraction of sp³-hybridized carbons (Fsp3) is 0.400. The molecule has 0 amide bonds. The normalized spacial score (nSPS) is 10.6. The van der Waals surface area contributed by atoms with Gasteiger partial charge in [0.15, 0.2) is 0 Å². The van der Waals surface area contributed by atoms with Gasteiger partial charge in [0, 0.05) is 0 Å². The minimum absolute atomic E-state index is 0.0316. The minimum Gasteiger partial charge on any atom is -0.466 e. The lowest BCUT2D eigenvalue weighted by Gasteiger charge is -2.06. The highest BCUT2D eigenvalue weighted by Gasteiger charge is 2.16. The van der Waals surface area contributed by atoms with E-state index in [1.54, 1.807) is 6.92 Å². The summed E-state index contributed by atoms with van der Waals surface area (Å²) in [6.45, 7) is 1.78. The van der Waals surface area contributed by atoms with Gasteiger partial charge in [-0.2, -0.15) is 0 Å². The van der Waals surface area contributed by atoms with Gasteiger partial charge in [-0.05, 0) is 18.6 Å². The van der Waals surface area contributed by atoms with Crippen molar-refractivity contribution in [3.63, 3.8) is 0 Å². The van der Waals surface area contributed by atoms with Gasteiger partial charge in [-0.15, -0.1) is 0 Å². The molecule has 0 unspecified atom stereocenters. The third kappa shape index (κ3) is 3.52. The molecule has 0 saturated heterocycles. The Morgan fingerprint density at radius 3 is 2.76 bits per heavy atom. The molecule has 0 aliphatic carbocycles. The molecule has 0 saturated carbocycles. The van der Waals surface area contributed by atoms with Crippen molar-refractivity contribution in [1.29, 1.82) is 0 Å². The number of H-pyrrole nitrogens is 1. The summed E-state index contributed by atoms with van der Waals surface area (Å²) in [5.74, 6) is -0.625. The topological polar surface area (TPSA) is 59.2 Å². The Balaban J connectivity index is 3.06. The lowest BCUT2D eigenvalue weighted by molar-refractivity contribution is -0.142. The number of esters is 1. The van der Waals surface area contributed by atoms with Gasteiger partial charge in [0.2, 0.25) is 0 Å². The summed E-state index contributed by atoms with van der Waals surface area (Å²) in [6, 6.07) is 0.991. The molecule has 0 spiro atoms. The van der Waals surface area contributed by atoms with E-state index in [2.05, 4.69) is 4.74 Å². The van der Waals surface area contributed by atoms with Crippen molar-refractivity contribution in [1.82, 2.24) is 4.98 Å². The van der Waals surface area contributed by atoms with Crippen molar-refractivity contribution < 1.29 is 18.3 Å².